The minimum atomic E-state index is -0.674. The third-order valence-electron chi connectivity index (χ3n) is 3.69. The lowest BCUT2D eigenvalue weighted by Gasteiger charge is -2.13. The first-order chi connectivity index (χ1) is 12.4. The topological polar surface area (TPSA) is 117 Å². The summed E-state index contributed by atoms with van der Waals surface area (Å²) in [7, 11) is 0. The van der Waals surface area contributed by atoms with Gasteiger partial charge in [-0.2, -0.15) is 0 Å². The van der Waals surface area contributed by atoms with Crippen LogP contribution in [0, 0.1) is 5.82 Å². The van der Waals surface area contributed by atoms with E-state index in [1.54, 1.807) is 12.1 Å². The summed E-state index contributed by atoms with van der Waals surface area (Å²) in [5.74, 6) is -0.888. The monoisotopic (exact) mass is 358 g/mol. The maximum Gasteiger partial charge on any atom is 0.327 e. The summed E-state index contributed by atoms with van der Waals surface area (Å²) >= 11 is 0. The fourth-order valence-corrected chi connectivity index (χ4v) is 2.53. The maximum atomic E-state index is 13.3. The molecular formula is C17H15FN4O4. The minimum absolute atomic E-state index is 0.0863. The van der Waals surface area contributed by atoms with Crippen molar-refractivity contribution >= 4 is 22.7 Å². The molecule has 0 spiro atoms. The Hall–Kier alpha value is -3.49. The van der Waals surface area contributed by atoms with Crippen molar-refractivity contribution in [3.05, 3.63) is 68.2 Å². The highest BCUT2D eigenvalue weighted by atomic mass is 19.1. The molecule has 0 bridgehead atoms. The molecular weight excluding hydrogens is 343 g/mol. The molecule has 3 rings (SSSR count). The van der Waals surface area contributed by atoms with Gasteiger partial charge in [0.15, 0.2) is 0 Å². The van der Waals surface area contributed by atoms with Crippen LogP contribution in [-0.2, 0) is 22.7 Å². The van der Waals surface area contributed by atoms with Gasteiger partial charge in [-0.1, -0.05) is 6.07 Å². The van der Waals surface area contributed by atoms with E-state index in [0.29, 0.717) is 16.8 Å². The molecule has 134 valence electrons. The van der Waals surface area contributed by atoms with Crippen molar-refractivity contribution in [3.63, 3.8) is 0 Å². The zero-order valence-corrected chi connectivity index (χ0v) is 13.8. The van der Waals surface area contributed by atoms with Gasteiger partial charge in [-0.25, -0.2) is 14.2 Å². The fraction of sp³-hybridized carbons (Fsp3) is 0.176. The van der Waals surface area contributed by atoms with Gasteiger partial charge in [0.2, 0.25) is 0 Å². The number of aromatic amines is 2. The molecule has 1 aromatic carbocycles. The first kappa shape index (κ1) is 17.3. The standard InChI is InChI=1S/C17H15FN4O4/c1-9(23)26-8-10-6-20-15-14(16(24)22-17(25)21-15)13(10)7-19-12-4-2-3-11(18)5-12/h2-6,19H,7-8H2,1H3,(H2,20,21,22,24,25). The highest BCUT2D eigenvalue weighted by Crippen LogP contribution is 2.19. The van der Waals surface area contributed by atoms with Gasteiger partial charge in [0.1, 0.15) is 18.1 Å². The number of carbonyl (C=O) groups excluding carboxylic acids is 1. The second kappa shape index (κ2) is 7.18. The van der Waals surface area contributed by atoms with Gasteiger partial charge >= 0.3 is 11.7 Å². The van der Waals surface area contributed by atoms with Crippen LogP contribution >= 0.6 is 0 Å². The summed E-state index contributed by atoms with van der Waals surface area (Å²) < 4.78 is 18.3. The van der Waals surface area contributed by atoms with E-state index in [4.69, 9.17) is 4.74 Å². The summed E-state index contributed by atoms with van der Waals surface area (Å²) in [6.45, 7) is 1.31. The van der Waals surface area contributed by atoms with Gasteiger partial charge < -0.3 is 10.1 Å². The predicted molar refractivity (Wildman–Crippen MR) is 92.2 cm³/mol. The minimum Gasteiger partial charge on any atom is -0.461 e. The lowest BCUT2D eigenvalue weighted by molar-refractivity contribution is -0.142. The molecule has 26 heavy (non-hydrogen) atoms. The molecule has 0 atom stereocenters. The molecule has 3 aromatic rings. The van der Waals surface area contributed by atoms with Crippen molar-refractivity contribution in [3.8, 4) is 0 Å². The van der Waals surface area contributed by atoms with Crippen LogP contribution < -0.4 is 16.6 Å². The Kier molecular flexibility index (Phi) is 4.78. The number of hydrogen-bond donors (Lipinski definition) is 3. The molecule has 0 unspecified atom stereocenters. The third kappa shape index (κ3) is 3.77. The number of H-pyrrole nitrogens is 2. The van der Waals surface area contributed by atoms with Crippen LogP contribution in [0.1, 0.15) is 18.1 Å². The van der Waals surface area contributed by atoms with Gasteiger partial charge in [-0.05, 0) is 23.8 Å². The molecule has 0 fully saturated rings. The number of nitrogens with one attached hydrogen (secondary N) is 3. The van der Waals surface area contributed by atoms with E-state index in [1.807, 2.05) is 0 Å². The van der Waals surface area contributed by atoms with Crippen molar-refractivity contribution in [2.75, 3.05) is 5.32 Å². The van der Waals surface area contributed by atoms with Crippen LogP contribution in [0.4, 0.5) is 10.1 Å². The number of nitrogens with zero attached hydrogens (tertiary/aromatic N) is 1. The lowest BCUT2D eigenvalue weighted by atomic mass is 10.1. The van der Waals surface area contributed by atoms with Crippen molar-refractivity contribution in [2.24, 2.45) is 0 Å². The van der Waals surface area contributed by atoms with E-state index in [9.17, 15) is 18.8 Å². The number of aromatic nitrogens is 3. The number of rotatable bonds is 5. The SMILES string of the molecule is CC(=O)OCc1cnc2[nH]c(=O)[nH]c(=O)c2c1CNc1cccc(F)c1. The maximum absolute atomic E-state index is 13.3. The van der Waals surface area contributed by atoms with Crippen LogP contribution in [0.5, 0.6) is 0 Å². The van der Waals surface area contributed by atoms with Gasteiger partial charge in [0.05, 0.1) is 5.39 Å². The van der Waals surface area contributed by atoms with E-state index < -0.39 is 23.0 Å². The third-order valence-corrected chi connectivity index (χ3v) is 3.69. The van der Waals surface area contributed by atoms with E-state index >= 15 is 0 Å². The summed E-state index contributed by atoms with van der Waals surface area (Å²) in [6.07, 6.45) is 1.42. The summed E-state index contributed by atoms with van der Waals surface area (Å²) in [6, 6.07) is 5.84. The molecule has 8 nitrogen and oxygen atoms in total. The Morgan fingerprint density at radius 1 is 1.31 bits per heavy atom. The van der Waals surface area contributed by atoms with Crippen molar-refractivity contribution in [1.82, 2.24) is 15.0 Å². The molecule has 3 N–H and O–H groups in total. The number of carbonyl (C=O) groups is 1. The largest absolute Gasteiger partial charge is 0.461 e. The first-order valence-electron chi connectivity index (χ1n) is 7.70. The lowest BCUT2D eigenvalue weighted by Crippen LogP contribution is -2.24. The zero-order chi connectivity index (χ0) is 18.7. The number of anilines is 1. The summed E-state index contributed by atoms with van der Waals surface area (Å²) in [5.41, 5.74) is 0.312. The highest BCUT2D eigenvalue weighted by molar-refractivity contribution is 5.79. The number of hydrogen-bond acceptors (Lipinski definition) is 6. The van der Waals surface area contributed by atoms with E-state index in [-0.39, 0.29) is 24.2 Å². The number of pyridine rings is 1. The molecule has 2 heterocycles. The predicted octanol–water partition coefficient (Wildman–Crippen LogP) is 1.43. The molecule has 2 aromatic heterocycles. The zero-order valence-electron chi connectivity index (χ0n) is 13.8. The van der Waals surface area contributed by atoms with Crippen LogP contribution in [0.3, 0.4) is 0 Å². The Balaban J connectivity index is 2.05. The average molecular weight is 358 g/mol. The average Bonchev–Trinajstić information content (AvgIpc) is 2.58. The Labute approximate surface area is 146 Å². The molecule has 0 saturated carbocycles. The van der Waals surface area contributed by atoms with E-state index in [1.165, 1.54) is 25.3 Å². The number of ether oxygens (including phenoxy) is 1. The normalized spacial score (nSPS) is 10.7. The van der Waals surface area contributed by atoms with Crippen LogP contribution in [0.25, 0.3) is 11.0 Å². The van der Waals surface area contributed by atoms with Crippen LogP contribution in [0.2, 0.25) is 0 Å². The molecule has 0 aliphatic heterocycles. The van der Waals surface area contributed by atoms with E-state index in [0.717, 1.165) is 0 Å². The van der Waals surface area contributed by atoms with Crippen molar-refractivity contribution in [2.45, 2.75) is 20.1 Å². The first-order valence-corrected chi connectivity index (χ1v) is 7.70. The van der Waals surface area contributed by atoms with Gasteiger partial charge in [0, 0.05) is 30.9 Å². The smallest absolute Gasteiger partial charge is 0.327 e. The molecule has 0 aliphatic carbocycles. The van der Waals surface area contributed by atoms with Gasteiger partial charge in [0.25, 0.3) is 5.56 Å². The summed E-state index contributed by atoms with van der Waals surface area (Å²) in [5, 5.41) is 3.18. The Morgan fingerprint density at radius 3 is 2.85 bits per heavy atom. The fourth-order valence-electron chi connectivity index (χ4n) is 2.53. The van der Waals surface area contributed by atoms with Crippen molar-refractivity contribution < 1.29 is 13.9 Å². The molecule has 0 saturated heterocycles. The number of esters is 1. The quantitative estimate of drug-likeness (QED) is 0.594. The number of fused-ring (bicyclic) bond motifs is 1. The van der Waals surface area contributed by atoms with Crippen LogP contribution in [0.15, 0.2) is 40.1 Å². The van der Waals surface area contributed by atoms with Crippen LogP contribution in [-0.4, -0.2) is 20.9 Å². The highest BCUT2D eigenvalue weighted by Gasteiger charge is 2.14. The number of halogens is 1. The molecule has 9 heteroatoms. The molecule has 0 aliphatic rings. The van der Waals surface area contributed by atoms with E-state index in [2.05, 4.69) is 20.3 Å². The van der Waals surface area contributed by atoms with Crippen molar-refractivity contribution in [1.29, 1.82) is 0 Å². The Morgan fingerprint density at radius 2 is 2.12 bits per heavy atom. The molecule has 0 radical (unpaired) electrons. The molecule has 0 amide bonds. The summed E-state index contributed by atoms with van der Waals surface area (Å²) in [4.78, 5) is 43.5. The number of benzene rings is 1. The second-order valence-corrected chi connectivity index (χ2v) is 5.54. The van der Waals surface area contributed by atoms with Gasteiger partial charge in [-0.3, -0.25) is 19.6 Å². The Bertz CT molecular complexity index is 1090. The second-order valence-electron chi connectivity index (χ2n) is 5.54. The van der Waals surface area contributed by atoms with Gasteiger partial charge in [-0.15, -0.1) is 0 Å².